The Bertz CT molecular complexity index is 1010. The van der Waals surface area contributed by atoms with Crippen molar-refractivity contribution in [3.8, 4) is 11.1 Å². The van der Waals surface area contributed by atoms with Crippen molar-refractivity contribution < 1.29 is 14.6 Å². The van der Waals surface area contributed by atoms with E-state index in [4.69, 9.17) is 4.74 Å². The molecular weight excluding hydrogens is 388 g/mol. The molecule has 1 heterocycles. The number of esters is 1. The van der Waals surface area contributed by atoms with E-state index in [9.17, 15) is 9.90 Å². The van der Waals surface area contributed by atoms with E-state index < -0.39 is 5.60 Å². The number of benzene rings is 2. The van der Waals surface area contributed by atoms with Crippen LogP contribution in [-0.4, -0.2) is 26.2 Å². The lowest BCUT2D eigenvalue weighted by Gasteiger charge is -2.20. The largest absolute Gasteiger partial charge is 0.456 e. The summed E-state index contributed by atoms with van der Waals surface area (Å²) in [6.45, 7) is 8.42. The molecule has 3 aromatic rings. The Labute approximate surface area is 184 Å². The number of hydrogen-bond donors (Lipinski definition) is 1. The van der Waals surface area contributed by atoms with Gasteiger partial charge in [-0.3, -0.25) is 0 Å². The van der Waals surface area contributed by atoms with Gasteiger partial charge in [0.25, 0.3) is 0 Å². The zero-order valence-corrected chi connectivity index (χ0v) is 18.9. The predicted molar refractivity (Wildman–Crippen MR) is 123 cm³/mol. The van der Waals surface area contributed by atoms with Crippen molar-refractivity contribution in [1.29, 1.82) is 0 Å². The fourth-order valence-electron chi connectivity index (χ4n) is 3.49. The quantitative estimate of drug-likeness (QED) is 0.496. The molecule has 0 aliphatic heterocycles. The van der Waals surface area contributed by atoms with Crippen LogP contribution >= 0.6 is 0 Å². The van der Waals surface area contributed by atoms with Crippen LogP contribution in [-0.2, 0) is 24.3 Å². The van der Waals surface area contributed by atoms with Crippen LogP contribution in [0.15, 0.2) is 54.7 Å². The van der Waals surface area contributed by atoms with Crippen LogP contribution in [0, 0.1) is 0 Å². The summed E-state index contributed by atoms with van der Waals surface area (Å²) in [5, 5.41) is 9.46. The van der Waals surface area contributed by atoms with Gasteiger partial charge in [0.05, 0.1) is 17.9 Å². The number of aliphatic hydroxyl groups excluding tert-OH is 1. The van der Waals surface area contributed by atoms with Crippen LogP contribution in [0.3, 0.4) is 0 Å². The van der Waals surface area contributed by atoms with Gasteiger partial charge in [-0.1, -0.05) is 55.8 Å². The average molecular weight is 421 g/mol. The number of aryl methyl sites for hydroxylation is 1. The van der Waals surface area contributed by atoms with Crippen molar-refractivity contribution in [3.05, 3.63) is 77.4 Å². The molecule has 0 unspecified atom stereocenters. The van der Waals surface area contributed by atoms with Crippen LogP contribution in [0.4, 0.5) is 0 Å². The van der Waals surface area contributed by atoms with Crippen molar-refractivity contribution in [2.75, 3.05) is 0 Å². The van der Waals surface area contributed by atoms with Crippen LogP contribution in [0.2, 0.25) is 0 Å². The number of ether oxygens (including phenoxy) is 1. The van der Waals surface area contributed by atoms with E-state index in [1.165, 1.54) is 0 Å². The lowest BCUT2D eigenvalue weighted by Crippen LogP contribution is -2.24. The minimum absolute atomic E-state index is 0.0491. The van der Waals surface area contributed by atoms with Crippen molar-refractivity contribution in [1.82, 2.24) is 9.55 Å². The Morgan fingerprint density at radius 3 is 2.45 bits per heavy atom. The summed E-state index contributed by atoms with van der Waals surface area (Å²) in [5.41, 5.74) is 3.69. The molecule has 0 spiro atoms. The predicted octanol–water partition coefficient (Wildman–Crippen LogP) is 5.39. The zero-order valence-electron chi connectivity index (χ0n) is 18.9. The molecule has 0 saturated carbocycles. The van der Waals surface area contributed by atoms with E-state index in [0.717, 1.165) is 41.8 Å². The molecule has 0 amide bonds. The lowest BCUT2D eigenvalue weighted by atomic mass is 9.98. The lowest BCUT2D eigenvalue weighted by molar-refractivity contribution is 0.00704. The highest BCUT2D eigenvalue weighted by molar-refractivity contribution is 5.97. The molecule has 31 heavy (non-hydrogen) atoms. The van der Waals surface area contributed by atoms with Gasteiger partial charge in [0.2, 0.25) is 0 Å². The molecule has 1 aromatic heterocycles. The molecule has 0 radical (unpaired) electrons. The van der Waals surface area contributed by atoms with E-state index >= 15 is 0 Å². The number of hydrogen-bond acceptors (Lipinski definition) is 4. The maximum atomic E-state index is 12.7. The van der Waals surface area contributed by atoms with Gasteiger partial charge in [-0.2, -0.15) is 0 Å². The summed E-state index contributed by atoms with van der Waals surface area (Å²) in [6.07, 6.45) is 5.00. The highest BCUT2D eigenvalue weighted by atomic mass is 16.6. The molecule has 2 aromatic carbocycles. The Hall–Kier alpha value is -2.92. The molecule has 0 fully saturated rings. The highest BCUT2D eigenvalue weighted by Gasteiger charge is 2.20. The number of nitrogens with zero attached hydrogens (tertiary/aromatic N) is 2. The molecule has 0 aliphatic rings. The first-order chi connectivity index (χ1) is 14.8. The number of carbonyl (C=O) groups is 1. The highest BCUT2D eigenvalue weighted by Crippen LogP contribution is 2.26. The molecular formula is C26H32N2O3. The molecule has 0 saturated heterocycles. The van der Waals surface area contributed by atoms with Crippen LogP contribution < -0.4 is 0 Å². The molecule has 0 aliphatic carbocycles. The molecule has 3 rings (SSSR count). The molecule has 0 atom stereocenters. The Morgan fingerprint density at radius 1 is 1.10 bits per heavy atom. The van der Waals surface area contributed by atoms with Gasteiger partial charge in [0, 0.05) is 19.2 Å². The fourth-order valence-corrected chi connectivity index (χ4v) is 3.49. The molecule has 164 valence electrons. The third-order valence-electron chi connectivity index (χ3n) is 4.99. The van der Waals surface area contributed by atoms with Crippen molar-refractivity contribution >= 4 is 5.97 Å². The number of imidazole rings is 1. The van der Waals surface area contributed by atoms with Crippen LogP contribution in [0.25, 0.3) is 11.1 Å². The third kappa shape index (κ3) is 6.05. The number of unbranched alkanes of at least 4 members (excludes halogenated alkanes) is 1. The van der Waals surface area contributed by atoms with Gasteiger partial charge >= 0.3 is 5.97 Å². The minimum atomic E-state index is -0.540. The first kappa shape index (κ1) is 22.8. The summed E-state index contributed by atoms with van der Waals surface area (Å²) in [4.78, 5) is 17.2. The van der Waals surface area contributed by atoms with Gasteiger partial charge in [-0.15, -0.1) is 0 Å². The third-order valence-corrected chi connectivity index (χ3v) is 4.99. The monoisotopic (exact) mass is 420 g/mol. The fraction of sp³-hybridized carbons (Fsp3) is 0.385. The molecule has 0 bridgehead atoms. The minimum Gasteiger partial charge on any atom is -0.456 e. The molecule has 5 nitrogen and oxygen atoms in total. The van der Waals surface area contributed by atoms with Crippen molar-refractivity contribution in [2.45, 2.75) is 65.7 Å². The summed E-state index contributed by atoms with van der Waals surface area (Å²) in [6, 6.07) is 15.8. The van der Waals surface area contributed by atoms with Crippen LogP contribution in [0.1, 0.15) is 68.0 Å². The Balaban J connectivity index is 1.82. The second-order valence-electron chi connectivity index (χ2n) is 8.78. The second kappa shape index (κ2) is 9.92. The Kier molecular flexibility index (Phi) is 7.29. The van der Waals surface area contributed by atoms with Gasteiger partial charge in [-0.25, -0.2) is 9.78 Å². The normalized spacial score (nSPS) is 11.5. The maximum absolute atomic E-state index is 12.7. The first-order valence-electron chi connectivity index (χ1n) is 10.9. The average Bonchev–Trinajstić information content (AvgIpc) is 3.13. The standard InChI is InChI=1S/C26H32N2O3/c1-5-6-11-24-27-21(18-29)17-28(24)16-19-12-14-20(15-13-19)22-9-7-8-10-23(22)25(30)31-26(2,3)4/h7-10,12-15,17,29H,5-6,11,16,18H2,1-4H3. The number of aromatic nitrogens is 2. The summed E-state index contributed by atoms with van der Waals surface area (Å²) >= 11 is 0. The number of carbonyl (C=O) groups excluding carboxylic acids is 1. The summed E-state index contributed by atoms with van der Waals surface area (Å²) in [7, 11) is 0. The van der Waals surface area contributed by atoms with E-state index in [1.807, 2.05) is 57.3 Å². The molecule has 1 N–H and O–H groups in total. The Morgan fingerprint density at radius 2 is 1.81 bits per heavy atom. The SMILES string of the molecule is CCCCc1nc(CO)cn1Cc1ccc(-c2ccccc2C(=O)OC(C)(C)C)cc1. The topological polar surface area (TPSA) is 64.4 Å². The van der Waals surface area contributed by atoms with E-state index in [0.29, 0.717) is 17.8 Å². The van der Waals surface area contributed by atoms with Gasteiger partial charge in [0.15, 0.2) is 0 Å². The van der Waals surface area contributed by atoms with Gasteiger partial charge in [-0.05, 0) is 49.9 Å². The van der Waals surface area contributed by atoms with E-state index in [-0.39, 0.29) is 12.6 Å². The van der Waals surface area contributed by atoms with Crippen LogP contribution in [0.5, 0.6) is 0 Å². The second-order valence-corrected chi connectivity index (χ2v) is 8.78. The number of aliphatic hydroxyl groups is 1. The van der Waals surface area contributed by atoms with E-state index in [2.05, 4.69) is 28.6 Å². The van der Waals surface area contributed by atoms with Gasteiger partial charge < -0.3 is 14.4 Å². The van der Waals surface area contributed by atoms with E-state index in [1.54, 1.807) is 6.07 Å². The summed E-state index contributed by atoms with van der Waals surface area (Å²) < 4.78 is 7.69. The maximum Gasteiger partial charge on any atom is 0.339 e. The van der Waals surface area contributed by atoms with Gasteiger partial charge in [0.1, 0.15) is 11.4 Å². The summed E-state index contributed by atoms with van der Waals surface area (Å²) in [5.74, 6) is 0.688. The number of rotatable bonds is 8. The van der Waals surface area contributed by atoms with Crippen molar-refractivity contribution in [2.24, 2.45) is 0 Å². The smallest absolute Gasteiger partial charge is 0.339 e. The molecule has 5 heteroatoms. The zero-order chi connectivity index (χ0) is 22.4. The van der Waals surface area contributed by atoms with Crippen molar-refractivity contribution in [3.63, 3.8) is 0 Å². The first-order valence-corrected chi connectivity index (χ1v) is 10.9.